The van der Waals surface area contributed by atoms with Crippen molar-refractivity contribution >= 4 is 5.91 Å². The summed E-state index contributed by atoms with van der Waals surface area (Å²) < 4.78 is 17.1. The lowest BCUT2D eigenvalue weighted by Gasteiger charge is -2.19. The number of alkyl halides is 1. The summed E-state index contributed by atoms with van der Waals surface area (Å²) in [5.74, 6) is 0.0315. The fraction of sp³-hybridized carbons (Fsp3) is 0.105. The third-order valence-electron chi connectivity index (χ3n) is 3.74. The van der Waals surface area contributed by atoms with E-state index < -0.39 is 12.9 Å². The summed E-state index contributed by atoms with van der Waals surface area (Å²) in [4.78, 5) is 30.5. The van der Waals surface area contributed by atoms with E-state index in [0.29, 0.717) is 17.0 Å². The van der Waals surface area contributed by atoms with Crippen LogP contribution in [0.2, 0.25) is 0 Å². The number of hydrogen-bond acceptors (Lipinski definition) is 4. The number of H-pyrrole nitrogens is 1. The van der Waals surface area contributed by atoms with E-state index in [1.165, 1.54) is 18.3 Å². The van der Waals surface area contributed by atoms with Crippen LogP contribution in [0, 0.1) is 0 Å². The summed E-state index contributed by atoms with van der Waals surface area (Å²) in [6.07, 6.45) is 2.99. The Hall–Kier alpha value is -3.48. The monoisotopic (exact) mass is 353 g/mol. The van der Waals surface area contributed by atoms with Gasteiger partial charge in [-0.2, -0.15) is 0 Å². The molecular formula is C19H16FN3O3. The van der Waals surface area contributed by atoms with Crippen LogP contribution in [0.5, 0.6) is 5.75 Å². The number of pyridine rings is 2. The van der Waals surface area contributed by atoms with Crippen molar-refractivity contribution in [3.8, 4) is 5.75 Å². The molecule has 1 atom stereocenters. The van der Waals surface area contributed by atoms with Crippen molar-refractivity contribution < 1.29 is 13.9 Å². The summed E-state index contributed by atoms with van der Waals surface area (Å²) in [6, 6.07) is 14.3. The van der Waals surface area contributed by atoms with Crippen molar-refractivity contribution in [3.05, 3.63) is 94.2 Å². The second kappa shape index (κ2) is 8.06. The Bertz CT molecular complexity index is 906. The van der Waals surface area contributed by atoms with Crippen LogP contribution in [-0.2, 0) is 0 Å². The molecule has 2 N–H and O–H groups in total. The third-order valence-corrected chi connectivity index (χ3v) is 3.74. The molecule has 1 aromatic carbocycles. The lowest BCUT2D eigenvalue weighted by atomic mass is 10.0. The maximum absolute atomic E-state index is 12.5. The highest BCUT2D eigenvalue weighted by molar-refractivity contribution is 5.94. The Morgan fingerprint density at radius 3 is 2.58 bits per heavy atom. The summed E-state index contributed by atoms with van der Waals surface area (Å²) in [5, 5.41) is 2.90. The zero-order chi connectivity index (χ0) is 18.4. The molecule has 0 bridgehead atoms. The van der Waals surface area contributed by atoms with Crippen LogP contribution in [0.1, 0.15) is 27.7 Å². The number of halogens is 1. The zero-order valence-corrected chi connectivity index (χ0v) is 13.7. The number of amides is 1. The van der Waals surface area contributed by atoms with Gasteiger partial charge in [0, 0.05) is 18.5 Å². The number of ether oxygens (including phenoxy) is 1. The number of carbonyl (C=O) groups excluding carboxylic acids is 1. The molecule has 0 radical (unpaired) electrons. The van der Waals surface area contributed by atoms with E-state index in [1.807, 2.05) is 6.07 Å². The molecule has 0 aliphatic heterocycles. The first-order valence-corrected chi connectivity index (χ1v) is 7.86. The number of rotatable bonds is 6. The molecule has 7 heteroatoms. The van der Waals surface area contributed by atoms with Crippen molar-refractivity contribution in [1.29, 1.82) is 0 Å². The highest BCUT2D eigenvalue weighted by Crippen LogP contribution is 2.23. The lowest BCUT2D eigenvalue weighted by Crippen LogP contribution is -2.30. The van der Waals surface area contributed by atoms with Crippen LogP contribution < -0.4 is 15.6 Å². The maximum Gasteiger partial charge on any atom is 0.253 e. The Morgan fingerprint density at radius 2 is 1.96 bits per heavy atom. The largest absolute Gasteiger partial charge is 0.463 e. The highest BCUT2D eigenvalue weighted by Gasteiger charge is 2.19. The van der Waals surface area contributed by atoms with Crippen molar-refractivity contribution in [3.63, 3.8) is 0 Å². The SMILES string of the molecule is O=C(N[C@@H](c1ccc(OCF)cc1)c1ccccn1)c1ccc(=O)[nH]c1. The van der Waals surface area contributed by atoms with Gasteiger partial charge in [-0.05, 0) is 35.9 Å². The van der Waals surface area contributed by atoms with Crippen LogP contribution in [0.15, 0.2) is 71.8 Å². The van der Waals surface area contributed by atoms with Crippen molar-refractivity contribution in [2.45, 2.75) is 6.04 Å². The standard InChI is InChI=1S/C19H16FN3O3/c20-12-26-15-7-4-13(5-8-15)18(16-3-1-2-10-21-16)23-19(25)14-6-9-17(24)22-11-14/h1-11,18H,12H2,(H,22,24)(H,23,25)/t18-/m0/s1. The molecule has 1 amide bonds. The summed E-state index contributed by atoms with van der Waals surface area (Å²) in [7, 11) is 0. The molecule has 0 unspecified atom stereocenters. The van der Waals surface area contributed by atoms with E-state index in [0.717, 1.165) is 5.56 Å². The van der Waals surface area contributed by atoms with E-state index in [-0.39, 0.29) is 11.5 Å². The summed E-state index contributed by atoms with van der Waals surface area (Å²) >= 11 is 0. The van der Waals surface area contributed by atoms with Gasteiger partial charge in [0.05, 0.1) is 17.3 Å². The second-order valence-corrected chi connectivity index (χ2v) is 5.43. The molecule has 0 saturated carbocycles. The smallest absolute Gasteiger partial charge is 0.253 e. The van der Waals surface area contributed by atoms with Crippen LogP contribution in [0.25, 0.3) is 0 Å². The van der Waals surface area contributed by atoms with Crippen molar-refractivity contribution in [1.82, 2.24) is 15.3 Å². The molecule has 132 valence electrons. The van der Waals surface area contributed by atoms with Crippen LogP contribution in [0.4, 0.5) is 4.39 Å². The number of benzene rings is 1. The molecule has 3 aromatic rings. The summed E-state index contributed by atoms with van der Waals surface area (Å²) in [5.41, 5.74) is 1.44. The predicted molar refractivity (Wildman–Crippen MR) is 93.7 cm³/mol. The van der Waals surface area contributed by atoms with Gasteiger partial charge in [0.15, 0.2) is 0 Å². The molecular weight excluding hydrogens is 337 g/mol. The predicted octanol–water partition coefficient (Wildman–Crippen LogP) is 2.60. The average Bonchev–Trinajstić information content (AvgIpc) is 2.68. The quantitative estimate of drug-likeness (QED) is 0.713. The number of aromatic amines is 1. The van der Waals surface area contributed by atoms with Gasteiger partial charge in [0.25, 0.3) is 5.91 Å². The molecule has 6 nitrogen and oxygen atoms in total. The van der Waals surface area contributed by atoms with Gasteiger partial charge in [-0.1, -0.05) is 18.2 Å². The first kappa shape index (κ1) is 17.3. The number of hydrogen-bond donors (Lipinski definition) is 2. The van der Waals surface area contributed by atoms with Gasteiger partial charge >= 0.3 is 0 Å². The fourth-order valence-corrected chi connectivity index (χ4v) is 2.46. The molecule has 26 heavy (non-hydrogen) atoms. The van der Waals surface area contributed by atoms with E-state index >= 15 is 0 Å². The normalized spacial score (nSPS) is 11.6. The Balaban J connectivity index is 1.89. The molecule has 2 heterocycles. The first-order chi connectivity index (χ1) is 12.7. The minimum atomic E-state index is -0.911. The van der Waals surface area contributed by atoms with E-state index in [4.69, 9.17) is 4.74 Å². The average molecular weight is 353 g/mol. The maximum atomic E-state index is 12.5. The molecule has 0 aliphatic carbocycles. The molecule has 0 fully saturated rings. The lowest BCUT2D eigenvalue weighted by molar-refractivity contribution is 0.0942. The zero-order valence-electron chi connectivity index (χ0n) is 13.7. The molecule has 0 spiro atoms. The van der Waals surface area contributed by atoms with Gasteiger partial charge in [-0.25, -0.2) is 4.39 Å². The summed E-state index contributed by atoms with van der Waals surface area (Å²) in [6.45, 7) is -0.911. The van der Waals surface area contributed by atoms with Gasteiger partial charge in [-0.3, -0.25) is 14.6 Å². The highest BCUT2D eigenvalue weighted by atomic mass is 19.1. The third kappa shape index (κ3) is 4.13. The number of aromatic nitrogens is 2. The van der Waals surface area contributed by atoms with Gasteiger partial charge in [-0.15, -0.1) is 0 Å². The molecule has 0 aliphatic rings. The number of carbonyl (C=O) groups is 1. The minimum Gasteiger partial charge on any atom is -0.463 e. The molecule has 3 rings (SSSR count). The minimum absolute atomic E-state index is 0.286. The van der Waals surface area contributed by atoms with Gasteiger partial charge < -0.3 is 15.0 Å². The molecule has 0 saturated heterocycles. The van der Waals surface area contributed by atoms with Crippen LogP contribution in [-0.4, -0.2) is 22.7 Å². The Kier molecular flexibility index (Phi) is 5.38. The Labute approximate surface area is 148 Å². The topological polar surface area (TPSA) is 84.1 Å². The van der Waals surface area contributed by atoms with Crippen LogP contribution in [0.3, 0.4) is 0 Å². The van der Waals surface area contributed by atoms with Gasteiger partial charge in [0.1, 0.15) is 5.75 Å². The second-order valence-electron chi connectivity index (χ2n) is 5.43. The molecule has 2 aromatic heterocycles. The Morgan fingerprint density at radius 1 is 1.15 bits per heavy atom. The van der Waals surface area contributed by atoms with E-state index in [1.54, 1.807) is 42.6 Å². The van der Waals surface area contributed by atoms with E-state index in [9.17, 15) is 14.0 Å². The van der Waals surface area contributed by atoms with E-state index in [2.05, 4.69) is 15.3 Å². The van der Waals surface area contributed by atoms with Crippen molar-refractivity contribution in [2.75, 3.05) is 6.86 Å². The number of nitrogens with one attached hydrogen (secondary N) is 2. The number of nitrogens with zero attached hydrogens (tertiary/aromatic N) is 1. The fourth-order valence-electron chi connectivity index (χ4n) is 2.46. The first-order valence-electron chi connectivity index (χ1n) is 7.86. The van der Waals surface area contributed by atoms with Crippen molar-refractivity contribution in [2.24, 2.45) is 0 Å². The van der Waals surface area contributed by atoms with Crippen LogP contribution >= 0.6 is 0 Å². The van der Waals surface area contributed by atoms with Gasteiger partial charge in [0.2, 0.25) is 12.4 Å².